The van der Waals surface area contributed by atoms with Gasteiger partial charge in [0.05, 0.1) is 6.54 Å². The maximum absolute atomic E-state index is 7.17. The number of hydrogen-bond donors (Lipinski definition) is 0. The molecule has 1 saturated carbocycles. The number of unbranched alkanes of at least 4 members (excludes halogenated alkanes) is 3. The molecule has 0 bridgehead atoms. The van der Waals surface area contributed by atoms with Crippen molar-refractivity contribution in [2.24, 2.45) is 23.7 Å². The molecule has 2 heterocycles. The smallest absolute Gasteiger partial charge is 0.128 e. The number of quaternary nitrogens is 1. The third-order valence-corrected chi connectivity index (χ3v) is 11.3. The maximum Gasteiger partial charge on any atom is 0.128 e. The van der Waals surface area contributed by atoms with Crippen LogP contribution in [-0.4, -0.2) is 35.3 Å². The van der Waals surface area contributed by atoms with Crippen molar-refractivity contribution in [1.82, 2.24) is 0 Å². The lowest BCUT2D eigenvalue weighted by atomic mass is 9.72. The first-order valence-corrected chi connectivity index (χ1v) is 15.8. The minimum absolute atomic E-state index is 0.0182. The van der Waals surface area contributed by atoms with E-state index < -0.39 is 0 Å². The highest BCUT2D eigenvalue weighted by molar-refractivity contribution is 5.37. The third kappa shape index (κ3) is 4.86. The van der Waals surface area contributed by atoms with Gasteiger partial charge in [0, 0.05) is 29.9 Å². The summed E-state index contributed by atoms with van der Waals surface area (Å²) in [7, 11) is 0. The fourth-order valence-corrected chi connectivity index (χ4v) is 9.14. The fraction of sp³-hybridized carbons (Fsp3) is 0.829. The largest absolute Gasteiger partial charge is 0.368 e. The molecule has 4 rings (SSSR count). The second kappa shape index (κ2) is 9.96. The van der Waals surface area contributed by atoms with Crippen molar-refractivity contribution in [2.75, 3.05) is 19.7 Å². The number of benzene rings is 1. The standard InChI is InChI=1S/C35H60NO/c1-12-13-14-15-18-37-35(25(2)3)24-36(22-26(4)30-16-17-31(35)34(30,36)11)23-27-19-28(32(5,6)7)21-29(20-27)33(8,9)10/h19-21,25-26,30-31H,12-18,22-24H2,1-11H3/q+1/t26-,30+,31+,34-,35+,36-/m1/s1. The fourth-order valence-electron chi connectivity index (χ4n) is 9.14. The van der Waals surface area contributed by atoms with Crippen LogP contribution in [-0.2, 0) is 22.1 Å². The van der Waals surface area contributed by atoms with Crippen LogP contribution < -0.4 is 0 Å². The zero-order valence-electron chi connectivity index (χ0n) is 26.5. The van der Waals surface area contributed by atoms with Crippen LogP contribution in [0.2, 0.25) is 0 Å². The molecule has 2 aliphatic heterocycles. The first-order chi connectivity index (χ1) is 17.1. The first kappa shape index (κ1) is 29.1. The molecule has 0 amide bonds. The summed E-state index contributed by atoms with van der Waals surface area (Å²) in [5.74, 6) is 2.86. The summed E-state index contributed by atoms with van der Waals surface area (Å²) in [5.41, 5.74) is 5.20. The lowest BCUT2D eigenvalue weighted by Crippen LogP contribution is -2.57. The molecule has 0 unspecified atom stereocenters. The number of hydrogen-bond acceptors (Lipinski definition) is 1. The van der Waals surface area contributed by atoms with Crippen LogP contribution in [0.4, 0.5) is 0 Å². The van der Waals surface area contributed by atoms with Crippen LogP contribution >= 0.6 is 0 Å². The molecule has 3 fully saturated rings. The molecule has 2 saturated heterocycles. The maximum atomic E-state index is 7.17. The summed E-state index contributed by atoms with van der Waals surface area (Å²) in [6.45, 7) is 31.3. The molecule has 2 nitrogen and oxygen atoms in total. The average molecular weight is 511 g/mol. The Kier molecular flexibility index (Phi) is 7.84. The van der Waals surface area contributed by atoms with Crippen molar-refractivity contribution in [3.8, 4) is 0 Å². The van der Waals surface area contributed by atoms with Gasteiger partial charge in [0.2, 0.25) is 0 Å². The SMILES string of the molecule is CCCCCCO[C@]1(C(C)C)C[N@+]2(Cc3cc(C(C)(C)C)cc(C(C)(C)C)c3)C[C@@H](C)[C@@H]3CC[C@H]1[C@@]32C. The molecule has 210 valence electrons. The summed E-state index contributed by atoms with van der Waals surface area (Å²) in [6.07, 6.45) is 7.90. The van der Waals surface area contributed by atoms with E-state index in [1.54, 1.807) is 5.56 Å². The predicted molar refractivity (Wildman–Crippen MR) is 159 cm³/mol. The third-order valence-electron chi connectivity index (χ3n) is 11.3. The van der Waals surface area contributed by atoms with Gasteiger partial charge in [-0.1, -0.05) is 94.6 Å². The van der Waals surface area contributed by atoms with Gasteiger partial charge in [-0.25, -0.2) is 0 Å². The van der Waals surface area contributed by atoms with Crippen LogP contribution in [0.3, 0.4) is 0 Å². The summed E-state index contributed by atoms with van der Waals surface area (Å²) in [4.78, 5) is 0. The van der Waals surface area contributed by atoms with E-state index in [1.165, 1.54) is 67.2 Å². The molecule has 1 aromatic rings. The Balaban J connectivity index is 1.75. The van der Waals surface area contributed by atoms with Gasteiger partial charge in [-0.05, 0) is 66.2 Å². The zero-order valence-corrected chi connectivity index (χ0v) is 26.5. The van der Waals surface area contributed by atoms with Crippen molar-refractivity contribution in [2.45, 2.75) is 143 Å². The van der Waals surface area contributed by atoms with E-state index in [-0.39, 0.29) is 16.4 Å². The van der Waals surface area contributed by atoms with Crippen LogP contribution in [0.25, 0.3) is 0 Å². The van der Waals surface area contributed by atoms with Crippen molar-refractivity contribution in [3.05, 3.63) is 34.9 Å². The molecule has 0 N–H and O–H groups in total. The van der Waals surface area contributed by atoms with Crippen molar-refractivity contribution >= 4 is 0 Å². The second-order valence-corrected chi connectivity index (χ2v) is 16.0. The Labute approximate surface area is 230 Å². The Bertz CT molecular complexity index is 919. The van der Waals surface area contributed by atoms with Gasteiger partial charge in [0.25, 0.3) is 0 Å². The highest BCUT2D eigenvalue weighted by Gasteiger charge is 2.78. The van der Waals surface area contributed by atoms with E-state index in [2.05, 4.69) is 94.4 Å². The number of nitrogens with zero attached hydrogens (tertiary/aromatic N) is 1. The minimum Gasteiger partial charge on any atom is -0.368 e. The van der Waals surface area contributed by atoms with Gasteiger partial charge in [0.15, 0.2) is 0 Å². The van der Waals surface area contributed by atoms with Crippen molar-refractivity contribution in [1.29, 1.82) is 0 Å². The molecule has 37 heavy (non-hydrogen) atoms. The lowest BCUT2D eigenvalue weighted by molar-refractivity contribution is -0.968. The molecule has 1 aromatic carbocycles. The Morgan fingerprint density at radius 2 is 1.57 bits per heavy atom. The summed E-state index contributed by atoms with van der Waals surface area (Å²) in [5, 5.41) is 0. The molecule has 0 radical (unpaired) electrons. The molecule has 3 aliphatic rings. The normalized spacial score (nSPS) is 35.5. The highest BCUT2D eigenvalue weighted by atomic mass is 16.5. The lowest BCUT2D eigenvalue weighted by Gasteiger charge is -2.44. The van der Waals surface area contributed by atoms with Crippen LogP contribution in [0.5, 0.6) is 0 Å². The predicted octanol–water partition coefficient (Wildman–Crippen LogP) is 9.04. The van der Waals surface area contributed by atoms with Crippen molar-refractivity contribution in [3.63, 3.8) is 0 Å². The average Bonchev–Trinajstić information content (AvgIpc) is 3.32. The van der Waals surface area contributed by atoms with E-state index >= 15 is 0 Å². The number of rotatable bonds is 9. The van der Waals surface area contributed by atoms with Gasteiger partial charge in [-0.3, -0.25) is 0 Å². The number of ether oxygens (including phenoxy) is 1. The zero-order chi connectivity index (χ0) is 27.4. The van der Waals surface area contributed by atoms with Gasteiger partial charge in [-0.2, -0.15) is 0 Å². The molecular formula is C35H60NO+. The minimum atomic E-state index is 0.0182. The van der Waals surface area contributed by atoms with E-state index in [0.29, 0.717) is 17.4 Å². The van der Waals surface area contributed by atoms with Gasteiger partial charge < -0.3 is 9.22 Å². The van der Waals surface area contributed by atoms with Crippen LogP contribution in [0.1, 0.15) is 131 Å². The van der Waals surface area contributed by atoms with Gasteiger partial charge in [0.1, 0.15) is 24.2 Å². The molecule has 0 spiro atoms. The highest BCUT2D eigenvalue weighted by Crippen LogP contribution is 2.67. The van der Waals surface area contributed by atoms with Gasteiger partial charge in [-0.15, -0.1) is 0 Å². The Morgan fingerprint density at radius 1 is 0.946 bits per heavy atom. The Hall–Kier alpha value is -0.860. The monoisotopic (exact) mass is 510 g/mol. The van der Waals surface area contributed by atoms with Crippen molar-refractivity contribution < 1.29 is 9.22 Å². The molecular weight excluding hydrogens is 450 g/mol. The molecule has 2 heteroatoms. The quantitative estimate of drug-likeness (QED) is 0.238. The molecule has 0 aromatic heterocycles. The Morgan fingerprint density at radius 3 is 2.11 bits per heavy atom. The topological polar surface area (TPSA) is 9.23 Å². The van der Waals surface area contributed by atoms with E-state index in [9.17, 15) is 0 Å². The summed E-state index contributed by atoms with van der Waals surface area (Å²) < 4.78 is 8.41. The van der Waals surface area contributed by atoms with E-state index in [4.69, 9.17) is 4.74 Å². The molecule has 1 aliphatic carbocycles. The van der Waals surface area contributed by atoms with Gasteiger partial charge >= 0.3 is 0 Å². The molecule has 6 atom stereocenters. The van der Waals surface area contributed by atoms with E-state index in [0.717, 1.165) is 25.0 Å². The first-order valence-electron chi connectivity index (χ1n) is 15.8. The summed E-state index contributed by atoms with van der Waals surface area (Å²) in [6, 6.07) is 7.61. The van der Waals surface area contributed by atoms with Crippen LogP contribution in [0, 0.1) is 23.7 Å². The summed E-state index contributed by atoms with van der Waals surface area (Å²) >= 11 is 0. The van der Waals surface area contributed by atoms with E-state index in [1.807, 2.05) is 0 Å². The van der Waals surface area contributed by atoms with Crippen LogP contribution in [0.15, 0.2) is 18.2 Å². The second-order valence-electron chi connectivity index (χ2n) is 16.0.